The van der Waals surface area contributed by atoms with E-state index in [2.05, 4.69) is 15.2 Å². The molecule has 0 atom stereocenters. The van der Waals surface area contributed by atoms with Crippen LogP contribution in [-0.4, -0.2) is 37.1 Å². The Morgan fingerprint density at radius 3 is 2.24 bits per heavy atom. The monoisotopic (exact) mass is 394 g/mol. The van der Waals surface area contributed by atoms with Gasteiger partial charge in [0.2, 0.25) is 0 Å². The molecule has 0 spiro atoms. The van der Waals surface area contributed by atoms with Gasteiger partial charge < -0.3 is 15.1 Å². The van der Waals surface area contributed by atoms with Gasteiger partial charge in [0.25, 0.3) is 5.91 Å². The number of hydrogen-bond donors (Lipinski definition) is 1. The molecule has 1 amide bonds. The summed E-state index contributed by atoms with van der Waals surface area (Å²) >= 11 is 0. The van der Waals surface area contributed by atoms with Crippen molar-refractivity contribution in [2.24, 2.45) is 0 Å². The molecule has 1 saturated heterocycles. The number of hydrogen-bond acceptors (Lipinski definition) is 4. The minimum absolute atomic E-state index is 0.126. The van der Waals surface area contributed by atoms with Crippen molar-refractivity contribution < 1.29 is 13.6 Å². The van der Waals surface area contributed by atoms with E-state index in [1.165, 1.54) is 24.4 Å². The van der Waals surface area contributed by atoms with Gasteiger partial charge in [0.15, 0.2) is 0 Å². The molecule has 2 heterocycles. The number of benzene rings is 2. The first-order valence-electron chi connectivity index (χ1n) is 9.37. The van der Waals surface area contributed by atoms with E-state index in [9.17, 15) is 13.6 Å². The van der Waals surface area contributed by atoms with Crippen molar-refractivity contribution >= 4 is 23.0 Å². The first kappa shape index (κ1) is 18.9. The molecule has 0 radical (unpaired) electrons. The molecule has 1 aliphatic rings. The summed E-state index contributed by atoms with van der Waals surface area (Å²) in [6.07, 6.45) is 3.15. The van der Waals surface area contributed by atoms with E-state index in [0.717, 1.165) is 5.69 Å². The quantitative estimate of drug-likeness (QED) is 0.728. The molecule has 0 aliphatic carbocycles. The highest BCUT2D eigenvalue weighted by Gasteiger charge is 2.20. The SMILES string of the molecule is O=C(Nc1ccccc1F)c1cncc(N2CCN(c3ccccc3F)CC2)c1. The van der Waals surface area contributed by atoms with E-state index >= 15 is 0 Å². The molecular formula is C22H20F2N4O. The van der Waals surface area contributed by atoms with Gasteiger partial charge in [-0.3, -0.25) is 9.78 Å². The van der Waals surface area contributed by atoms with Crippen molar-refractivity contribution in [3.05, 3.63) is 84.2 Å². The fraction of sp³-hybridized carbons (Fsp3) is 0.182. The van der Waals surface area contributed by atoms with Crippen LogP contribution in [0.3, 0.4) is 0 Å². The summed E-state index contributed by atoms with van der Waals surface area (Å²) < 4.78 is 27.8. The summed E-state index contributed by atoms with van der Waals surface area (Å²) in [6, 6.07) is 14.5. The second kappa shape index (κ2) is 8.26. The molecule has 0 saturated carbocycles. The van der Waals surface area contributed by atoms with Gasteiger partial charge >= 0.3 is 0 Å². The maximum absolute atomic E-state index is 14.0. The second-order valence-electron chi connectivity index (χ2n) is 6.79. The average Bonchev–Trinajstić information content (AvgIpc) is 2.76. The number of para-hydroxylation sites is 2. The van der Waals surface area contributed by atoms with E-state index in [0.29, 0.717) is 37.4 Å². The Balaban J connectivity index is 1.44. The smallest absolute Gasteiger partial charge is 0.257 e. The summed E-state index contributed by atoms with van der Waals surface area (Å²) in [5.74, 6) is -1.14. The first-order chi connectivity index (χ1) is 14.1. The first-order valence-corrected chi connectivity index (χ1v) is 9.37. The molecule has 3 aromatic rings. The predicted octanol–water partition coefficient (Wildman–Crippen LogP) is 3.94. The minimum Gasteiger partial charge on any atom is -0.367 e. The van der Waals surface area contributed by atoms with E-state index < -0.39 is 11.7 Å². The number of piperazine rings is 1. The van der Waals surface area contributed by atoms with Gasteiger partial charge in [-0.1, -0.05) is 24.3 Å². The molecule has 148 valence electrons. The van der Waals surface area contributed by atoms with E-state index in [-0.39, 0.29) is 11.5 Å². The number of nitrogens with one attached hydrogen (secondary N) is 1. The van der Waals surface area contributed by atoms with Crippen LogP contribution in [0.1, 0.15) is 10.4 Å². The highest BCUT2D eigenvalue weighted by Crippen LogP contribution is 2.23. The summed E-state index contributed by atoms with van der Waals surface area (Å²) in [7, 11) is 0. The van der Waals surface area contributed by atoms with Gasteiger partial charge in [-0.2, -0.15) is 0 Å². The second-order valence-corrected chi connectivity index (χ2v) is 6.79. The maximum Gasteiger partial charge on any atom is 0.257 e. The lowest BCUT2D eigenvalue weighted by Crippen LogP contribution is -2.46. The molecule has 0 unspecified atom stereocenters. The molecular weight excluding hydrogens is 374 g/mol. The lowest BCUT2D eigenvalue weighted by molar-refractivity contribution is 0.102. The molecule has 1 aliphatic heterocycles. The molecule has 1 N–H and O–H groups in total. The summed E-state index contributed by atoms with van der Waals surface area (Å²) in [5, 5.41) is 2.57. The van der Waals surface area contributed by atoms with Crippen LogP contribution >= 0.6 is 0 Å². The third-order valence-corrected chi connectivity index (χ3v) is 4.95. The predicted molar refractivity (Wildman–Crippen MR) is 109 cm³/mol. The Morgan fingerprint density at radius 1 is 0.862 bits per heavy atom. The van der Waals surface area contributed by atoms with Crippen molar-refractivity contribution in [2.75, 3.05) is 41.3 Å². The van der Waals surface area contributed by atoms with Gasteiger partial charge in [-0.15, -0.1) is 0 Å². The average molecular weight is 394 g/mol. The van der Waals surface area contributed by atoms with Crippen LogP contribution in [0.15, 0.2) is 67.0 Å². The van der Waals surface area contributed by atoms with Gasteiger partial charge in [-0.05, 0) is 30.3 Å². The number of aromatic nitrogens is 1. The molecule has 29 heavy (non-hydrogen) atoms. The Morgan fingerprint density at radius 2 is 1.52 bits per heavy atom. The molecule has 1 fully saturated rings. The van der Waals surface area contributed by atoms with Crippen molar-refractivity contribution in [3.63, 3.8) is 0 Å². The number of rotatable bonds is 4. The van der Waals surface area contributed by atoms with Crippen LogP contribution in [0.25, 0.3) is 0 Å². The maximum atomic E-state index is 14.0. The number of pyridine rings is 1. The zero-order chi connectivity index (χ0) is 20.2. The normalized spacial score (nSPS) is 14.0. The summed E-state index contributed by atoms with van der Waals surface area (Å²) in [6.45, 7) is 2.67. The molecule has 4 rings (SSSR count). The number of nitrogens with zero attached hydrogens (tertiary/aromatic N) is 3. The van der Waals surface area contributed by atoms with Crippen LogP contribution in [0, 0.1) is 11.6 Å². The van der Waals surface area contributed by atoms with Gasteiger partial charge in [0.05, 0.1) is 28.8 Å². The fourth-order valence-corrected chi connectivity index (χ4v) is 3.40. The summed E-state index contributed by atoms with van der Waals surface area (Å²) in [5.41, 5.74) is 1.88. The van der Waals surface area contributed by atoms with Crippen LogP contribution in [0.2, 0.25) is 0 Å². The van der Waals surface area contributed by atoms with Crippen LogP contribution in [0.5, 0.6) is 0 Å². The Labute approximate surface area is 167 Å². The van der Waals surface area contributed by atoms with Gasteiger partial charge in [0, 0.05) is 32.4 Å². The molecule has 7 heteroatoms. The number of halogens is 2. The number of amides is 1. The fourth-order valence-electron chi connectivity index (χ4n) is 3.40. The van der Waals surface area contributed by atoms with E-state index in [1.54, 1.807) is 36.5 Å². The summed E-state index contributed by atoms with van der Waals surface area (Å²) in [4.78, 5) is 20.8. The molecule has 0 bridgehead atoms. The number of carbonyl (C=O) groups excluding carboxylic acids is 1. The molecule has 5 nitrogen and oxygen atoms in total. The van der Waals surface area contributed by atoms with Crippen molar-refractivity contribution in [1.82, 2.24) is 4.98 Å². The zero-order valence-electron chi connectivity index (χ0n) is 15.7. The highest BCUT2D eigenvalue weighted by atomic mass is 19.1. The lowest BCUT2D eigenvalue weighted by atomic mass is 10.2. The van der Waals surface area contributed by atoms with Gasteiger partial charge in [0.1, 0.15) is 11.6 Å². The van der Waals surface area contributed by atoms with Crippen LogP contribution in [0.4, 0.5) is 25.8 Å². The Bertz CT molecular complexity index is 1020. The van der Waals surface area contributed by atoms with E-state index in [4.69, 9.17) is 0 Å². The molecule has 2 aromatic carbocycles. The zero-order valence-corrected chi connectivity index (χ0v) is 15.7. The van der Waals surface area contributed by atoms with Crippen molar-refractivity contribution in [2.45, 2.75) is 0 Å². The largest absolute Gasteiger partial charge is 0.367 e. The number of anilines is 3. The standard InChI is InChI=1S/C22H20F2N4O/c23-18-5-1-3-7-20(18)26-22(29)16-13-17(15-25-14-16)27-9-11-28(12-10-27)21-8-4-2-6-19(21)24/h1-8,13-15H,9-12H2,(H,26,29). The topological polar surface area (TPSA) is 48.5 Å². The Hall–Kier alpha value is -3.48. The Kier molecular flexibility index (Phi) is 5.37. The van der Waals surface area contributed by atoms with E-state index in [1.807, 2.05) is 11.0 Å². The molecule has 1 aromatic heterocycles. The lowest BCUT2D eigenvalue weighted by Gasteiger charge is -2.37. The van der Waals surface area contributed by atoms with Crippen LogP contribution < -0.4 is 15.1 Å². The van der Waals surface area contributed by atoms with Crippen molar-refractivity contribution in [3.8, 4) is 0 Å². The van der Waals surface area contributed by atoms with Crippen molar-refractivity contribution in [1.29, 1.82) is 0 Å². The minimum atomic E-state index is -0.491. The third-order valence-electron chi connectivity index (χ3n) is 4.95. The highest BCUT2D eigenvalue weighted by molar-refractivity contribution is 6.04. The number of carbonyl (C=O) groups is 1. The third kappa shape index (κ3) is 4.18. The van der Waals surface area contributed by atoms with Gasteiger partial charge in [-0.25, -0.2) is 8.78 Å². The van der Waals surface area contributed by atoms with Crippen LogP contribution in [-0.2, 0) is 0 Å².